The molecule has 3 aromatic rings. The van der Waals surface area contributed by atoms with E-state index in [9.17, 15) is 4.79 Å². The molecular weight excluding hydrogens is 338 g/mol. The first-order valence-corrected chi connectivity index (χ1v) is 8.51. The molecule has 2 heterocycles. The number of ether oxygens (including phenoxy) is 1. The second-order valence-electron chi connectivity index (χ2n) is 5.73. The Kier molecular flexibility index (Phi) is 4.80. The SMILES string of the molecule is Cc1nsnc1COc1ccc(C(=O)Nc2c(C)nn(C)c2C)cc1. The van der Waals surface area contributed by atoms with Crippen LogP contribution in [-0.2, 0) is 13.7 Å². The Bertz CT molecular complexity index is 898. The number of hydrogen-bond donors (Lipinski definition) is 1. The van der Waals surface area contributed by atoms with Gasteiger partial charge in [0.05, 0.1) is 34.5 Å². The van der Waals surface area contributed by atoms with Crippen LogP contribution in [0.2, 0.25) is 0 Å². The van der Waals surface area contributed by atoms with Gasteiger partial charge in [0.2, 0.25) is 0 Å². The van der Waals surface area contributed by atoms with Crippen molar-refractivity contribution in [3.8, 4) is 5.75 Å². The lowest BCUT2D eigenvalue weighted by Gasteiger charge is -2.08. The normalized spacial score (nSPS) is 10.7. The van der Waals surface area contributed by atoms with Gasteiger partial charge < -0.3 is 10.1 Å². The van der Waals surface area contributed by atoms with Crippen LogP contribution in [0, 0.1) is 20.8 Å². The molecule has 0 bridgehead atoms. The lowest BCUT2D eigenvalue weighted by molar-refractivity contribution is 0.102. The molecule has 0 atom stereocenters. The molecule has 0 spiro atoms. The summed E-state index contributed by atoms with van der Waals surface area (Å²) in [6.07, 6.45) is 0. The van der Waals surface area contributed by atoms with Gasteiger partial charge in [-0.25, -0.2) is 0 Å². The molecular formula is C17H19N5O2S. The van der Waals surface area contributed by atoms with Crippen LogP contribution in [0.4, 0.5) is 5.69 Å². The molecule has 0 aliphatic heterocycles. The van der Waals surface area contributed by atoms with Gasteiger partial charge in [0.25, 0.3) is 5.91 Å². The van der Waals surface area contributed by atoms with E-state index < -0.39 is 0 Å². The summed E-state index contributed by atoms with van der Waals surface area (Å²) < 4.78 is 15.7. The smallest absolute Gasteiger partial charge is 0.255 e. The largest absolute Gasteiger partial charge is 0.487 e. The number of carbonyl (C=O) groups is 1. The fourth-order valence-electron chi connectivity index (χ4n) is 2.37. The fourth-order valence-corrected chi connectivity index (χ4v) is 2.93. The highest BCUT2D eigenvalue weighted by atomic mass is 32.1. The highest BCUT2D eigenvalue weighted by Gasteiger charge is 2.14. The number of aromatic nitrogens is 4. The van der Waals surface area contributed by atoms with Crippen molar-refractivity contribution in [2.75, 3.05) is 5.32 Å². The highest BCUT2D eigenvalue weighted by Crippen LogP contribution is 2.20. The molecule has 8 heteroatoms. The third-order valence-electron chi connectivity index (χ3n) is 3.99. The van der Waals surface area contributed by atoms with Gasteiger partial charge in [-0.1, -0.05) is 0 Å². The molecule has 0 unspecified atom stereocenters. The Morgan fingerprint density at radius 1 is 1.16 bits per heavy atom. The first kappa shape index (κ1) is 17.1. The van der Waals surface area contributed by atoms with E-state index in [1.54, 1.807) is 28.9 Å². The maximum atomic E-state index is 12.4. The molecule has 7 nitrogen and oxygen atoms in total. The predicted molar refractivity (Wildman–Crippen MR) is 96.1 cm³/mol. The Balaban J connectivity index is 1.65. The molecule has 0 aliphatic carbocycles. The number of anilines is 1. The molecule has 0 saturated heterocycles. The summed E-state index contributed by atoms with van der Waals surface area (Å²) in [7, 11) is 1.85. The first-order valence-electron chi connectivity index (χ1n) is 7.78. The van der Waals surface area contributed by atoms with Crippen LogP contribution in [-0.4, -0.2) is 24.4 Å². The Morgan fingerprint density at radius 2 is 1.88 bits per heavy atom. The van der Waals surface area contributed by atoms with E-state index in [1.807, 2.05) is 27.8 Å². The van der Waals surface area contributed by atoms with E-state index in [-0.39, 0.29) is 5.91 Å². The van der Waals surface area contributed by atoms with Gasteiger partial charge in [-0.15, -0.1) is 0 Å². The van der Waals surface area contributed by atoms with Crippen LogP contribution in [0.25, 0.3) is 0 Å². The summed E-state index contributed by atoms with van der Waals surface area (Å²) in [6.45, 7) is 6.05. The minimum absolute atomic E-state index is 0.176. The standard InChI is InChI=1S/C17H19N5O2S/c1-10-15(21-25-20-10)9-24-14-7-5-13(6-8-14)17(23)18-16-11(2)19-22(4)12(16)3/h5-8H,9H2,1-4H3,(H,18,23). The summed E-state index contributed by atoms with van der Waals surface area (Å²) in [5.74, 6) is 0.503. The number of rotatable bonds is 5. The van der Waals surface area contributed by atoms with Gasteiger partial charge in [-0.3, -0.25) is 9.48 Å². The molecule has 3 rings (SSSR count). The Hall–Kier alpha value is -2.74. The van der Waals surface area contributed by atoms with Crippen molar-refractivity contribution in [2.45, 2.75) is 27.4 Å². The van der Waals surface area contributed by atoms with Crippen molar-refractivity contribution in [2.24, 2.45) is 7.05 Å². The van der Waals surface area contributed by atoms with Crippen molar-refractivity contribution in [3.63, 3.8) is 0 Å². The van der Waals surface area contributed by atoms with Gasteiger partial charge in [0.15, 0.2) is 0 Å². The number of benzene rings is 1. The monoisotopic (exact) mass is 357 g/mol. The molecule has 1 aromatic carbocycles. The second-order valence-corrected chi connectivity index (χ2v) is 6.26. The first-order chi connectivity index (χ1) is 12.0. The second kappa shape index (κ2) is 7.02. The molecule has 0 saturated carbocycles. The summed E-state index contributed by atoms with van der Waals surface area (Å²) in [6, 6.07) is 7.01. The minimum Gasteiger partial charge on any atom is -0.487 e. The van der Waals surface area contributed by atoms with Crippen molar-refractivity contribution >= 4 is 23.3 Å². The van der Waals surface area contributed by atoms with Gasteiger partial charge in [0, 0.05) is 12.6 Å². The summed E-state index contributed by atoms with van der Waals surface area (Å²) >= 11 is 1.17. The van der Waals surface area contributed by atoms with Gasteiger partial charge in [0.1, 0.15) is 18.1 Å². The van der Waals surface area contributed by atoms with Crippen LogP contribution in [0.15, 0.2) is 24.3 Å². The lowest BCUT2D eigenvalue weighted by atomic mass is 10.2. The molecule has 0 fully saturated rings. The van der Waals surface area contributed by atoms with E-state index >= 15 is 0 Å². The predicted octanol–water partition coefficient (Wildman–Crippen LogP) is 3.03. The minimum atomic E-state index is -0.176. The van der Waals surface area contributed by atoms with Crippen LogP contribution >= 0.6 is 11.7 Å². The van der Waals surface area contributed by atoms with Crippen LogP contribution in [0.1, 0.15) is 33.1 Å². The Labute approximate surface area is 150 Å². The number of nitrogens with zero attached hydrogens (tertiary/aromatic N) is 4. The number of nitrogens with one attached hydrogen (secondary N) is 1. The zero-order chi connectivity index (χ0) is 18.0. The highest BCUT2D eigenvalue weighted by molar-refractivity contribution is 6.99. The van der Waals surface area contributed by atoms with Crippen molar-refractivity contribution in [3.05, 3.63) is 52.6 Å². The van der Waals surface area contributed by atoms with E-state index in [2.05, 4.69) is 19.2 Å². The van der Waals surface area contributed by atoms with Crippen LogP contribution < -0.4 is 10.1 Å². The molecule has 0 radical (unpaired) electrons. The third kappa shape index (κ3) is 3.69. The number of hydrogen-bond acceptors (Lipinski definition) is 6. The molecule has 25 heavy (non-hydrogen) atoms. The number of carbonyl (C=O) groups excluding carboxylic acids is 1. The molecule has 2 aromatic heterocycles. The van der Waals surface area contributed by atoms with Gasteiger partial charge in [-0.05, 0) is 45.0 Å². The molecule has 1 N–H and O–H groups in total. The quantitative estimate of drug-likeness (QED) is 0.759. The summed E-state index contributed by atoms with van der Waals surface area (Å²) in [5.41, 5.74) is 4.72. The number of aryl methyl sites for hydroxylation is 3. The van der Waals surface area contributed by atoms with Crippen LogP contribution in [0.5, 0.6) is 5.75 Å². The average Bonchev–Trinajstić information content (AvgIpc) is 3.11. The van der Waals surface area contributed by atoms with E-state index in [4.69, 9.17) is 4.74 Å². The number of amides is 1. The fraction of sp³-hybridized carbons (Fsp3) is 0.294. The molecule has 130 valence electrons. The maximum absolute atomic E-state index is 12.4. The summed E-state index contributed by atoms with van der Waals surface area (Å²) in [4.78, 5) is 12.4. The zero-order valence-corrected chi connectivity index (χ0v) is 15.3. The van der Waals surface area contributed by atoms with Crippen molar-refractivity contribution in [1.82, 2.24) is 18.5 Å². The topological polar surface area (TPSA) is 81.9 Å². The van der Waals surface area contributed by atoms with Gasteiger partial charge >= 0.3 is 0 Å². The maximum Gasteiger partial charge on any atom is 0.255 e. The lowest BCUT2D eigenvalue weighted by Crippen LogP contribution is -2.13. The molecule has 0 aliphatic rings. The molecule has 1 amide bonds. The Morgan fingerprint density at radius 3 is 2.44 bits per heavy atom. The van der Waals surface area contributed by atoms with Crippen LogP contribution in [0.3, 0.4) is 0 Å². The van der Waals surface area contributed by atoms with Crippen molar-refractivity contribution < 1.29 is 9.53 Å². The third-order valence-corrected chi connectivity index (χ3v) is 4.64. The van der Waals surface area contributed by atoms with E-state index in [0.29, 0.717) is 17.9 Å². The van der Waals surface area contributed by atoms with Crippen molar-refractivity contribution in [1.29, 1.82) is 0 Å². The average molecular weight is 357 g/mol. The van der Waals surface area contributed by atoms with E-state index in [1.165, 1.54) is 11.7 Å². The van der Waals surface area contributed by atoms with Gasteiger partial charge in [-0.2, -0.15) is 13.8 Å². The van der Waals surface area contributed by atoms with E-state index in [0.717, 1.165) is 28.5 Å². The summed E-state index contributed by atoms with van der Waals surface area (Å²) in [5, 5.41) is 7.22. The zero-order valence-electron chi connectivity index (χ0n) is 14.5.